The minimum absolute atomic E-state index is 0. The van der Waals surface area contributed by atoms with Gasteiger partial charge in [0.1, 0.15) is 0 Å². The van der Waals surface area contributed by atoms with E-state index in [1.54, 1.807) is 6.07 Å². The van der Waals surface area contributed by atoms with Crippen LogP contribution in [0.4, 0.5) is 4.79 Å². The van der Waals surface area contributed by atoms with Crippen LogP contribution >= 0.6 is 0 Å². The van der Waals surface area contributed by atoms with Gasteiger partial charge in [0.2, 0.25) is 0 Å². The van der Waals surface area contributed by atoms with Crippen LogP contribution in [0.3, 0.4) is 0 Å². The summed E-state index contributed by atoms with van der Waals surface area (Å²) in [7, 11) is 0. The van der Waals surface area contributed by atoms with Crippen LogP contribution in [0.5, 0.6) is 0 Å². The van der Waals surface area contributed by atoms with Crippen LogP contribution in [0.15, 0.2) is 12.3 Å². The molecule has 13 heteroatoms. The van der Waals surface area contributed by atoms with Crippen molar-refractivity contribution >= 4 is 6.09 Å². The fourth-order valence-electron chi connectivity index (χ4n) is 3.18. The van der Waals surface area contributed by atoms with Crippen molar-refractivity contribution in [3.05, 3.63) is 31.8 Å². The maximum absolute atomic E-state index is 11.5. The number of carbonyl (C=O) groups excluding carboxylic acids is 1. The molecule has 34 heavy (non-hydrogen) atoms. The average Bonchev–Trinajstić information content (AvgIpc) is 3.40. The minimum atomic E-state index is -3.94. The molecule has 1 amide bonds. The molecular weight excluding hydrogens is 461 g/mol. The zero-order valence-corrected chi connectivity index (χ0v) is 22.5. The summed E-state index contributed by atoms with van der Waals surface area (Å²) in [6, 6.07) is 1.75. The second-order valence-corrected chi connectivity index (χ2v) is 7.32. The van der Waals surface area contributed by atoms with Crippen molar-refractivity contribution in [1.29, 1.82) is 0 Å². The Morgan fingerprint density at radius 1 is 1.21 bits per heavy atom. The van der Waals surface area contributed by atoms with E-state index >= 15 is 0 Å². The Labute approximate surface area is 223 Å². The Morgan fingerprint density at radius 3 is 2.21 bits per heavy atom. The minimum Gasteiger partial charge on any atom is -0.385 e. The summed E-state index contributed by atoms with van der Waals surface area (Å²) in [4.78, 5) is 12.7. The van der Waals surface area contributed by atoms with Crippen molar-refractivity contribution in [2.24, 2.45) is 5.92 Å². The molecule has 12 nitrogen and oxygen atoms in total. The third kappa shape index (κ3) is 10.9. The van der Waals surface area contributed by atoms with Gasteiger partial charge in [-0.3, -0.25) is 0 Å². The van der Waals surface area contributed by atoms with Crippen molar-refractivity contribution in [3.63, 3.8) is 0 Å². The Hall–Kier alpha value is -0.800. The van der Waals surface area contributed by atoms with Crippen molar-refractivity contribution in [2.45, 2.75) is 77.2 Å². The number of carbonyl (C=O) groups is 1. The summed E-state index contributed by atoms with van der Waals surface area (Å²) in [6.45, 7) is 14.3. The topological polar surface area (TPSA) is 189 Å². The number of aliphatic hydroxyl groups excluding tert-OH is 1. The maximum Gasteiger partial charge on any atom is 1.00 e. The van der Waals surface area contributed by atoms with E-state index in [1.807, 2.05) is 20.8 Å². The first kappa shape index (κ1) is 35.4. The number of rotatable bonds is 8. The predicted octanol–water partition coefficient (Wildman–Crippen LogP) is -2.60. The third-order valence-corrected chi connectivity index (χ3v) is 4.94. The van der Waals surface area contributed by atoms with Crippen LogP contribution < -0.4 is 29.6 Å². The van der Waals surface area contributed by atoms with Gasteiger partial charge in [-0.2, -0.15) is 17.9 Å². The monoisotopic (exact) mass is 500 g/mol. The summed E-state index contributed by atoms with van der Waals surface area (Å²) in [5.74, 6) is -7.27. The van der Waals surface area contributed by atoms with Crippen LogP contribution in [0.1, 0.15) is 70.9 Å². The van der Waals surface area contributed by atoms with E-state index in [0.717, 1.165) is 25.0 Å². The van der Waals surface area contributed by atoms with Gasteiger partial charge in [-0.1, -0.05) is 33.1 Å². The second kappa shape index (κ2) is 16.8. The van der Waals surface area contributed by atoms with Gasteiger partial charge >= 0.3 is 47.6 Å². The molecule has 194 valence electrons. The molecule has 1 saturated heterocycles. The number of aliphatic hydroxyl groups is 7. The van der Waals surface area contributed by atoms with Crippen LogP contribution in [-0.4, -0.2) is 81.6 Å². The van der Waals surface area contributed by atoms with Gasteiger partial charge in [0.05, 0.1) is 0 Å². The van der Waals surface area contributed by atoms with Crippen LogP contribution in [0, 0.1) is 19.8 Å². The molecule has 0 aromatic carbocycles. The number of amides is 1. The molecule has 7 N–H and O–H groups in total. The SMILES string of the molecule is CC.CCCC1CCN(C(=O)OC(O)(O)C(O)(O)O)C1.[CH2-]CC(C[CH2-])c1ccnn1C(O)O.[Na+]. The molecule has 1 aromatic heterocycles. The van der Waals surface area contributed by atoms with Gasteiger partial charge in [-0.05, 0) is 24.8 Å². The van der Waals surface area contributed by atoms with Gasteiger partial charge in [-0.15, -0.1) is 0 Å². The molecular formula is C21H39N3NaO9-. The van der Waals surface area contributed by atoms with Crippen LogP contribution in [-0.2, 0) is 4.74 Å². The maximum atomic E-state index is 11.5. The molecule has 1 unspecified atom stereocenters. The first-order valence-electron chi connectivity index (χ1n) is 11.0. The van der Waals surface area contributed by atoms with E-state index < -0.39 is 24.5 Å². The number of ether oxygens (including phenoxy) is 1. The van der Waals surface area contributed by atoms with Crippen molar-refractivity contribution in [1.82, 2.24) is 14.7 Å². The van der Waals surface area contributed by atoms with Gasteiger partial charge < -0.3 is 59.2 Å². The van der Waals surface area contributed by atoms with E-state index in [9.17, 15) is 4.79 Å². The van der Waals surface area contributed by atoms with Gasteiger partial charge in [0.25, 0.3) is 6.41 Å². The van der Waals surface area contributed by atoms with Crippen molar-refractivity contribution in [2.75, 3.05) is 13.1 Å². The average molecular weight is 501 g/mol. The summed E-state index contributed by atoms with van der Waals surface area (Å²) in [5, 5.41) is 65.4. The molecule has 1 aliphatic rings. The van der Waals surface area contributed by atoms with E-state index in [0.29, 0.717) is 31.8 Å². The zero-order valence-electron chi connectivity index (χ0n) is 20.5. The fourth-order valence-corrected chi connectivity index (χ4v) is 3.18. The molecule has 1 fully saturated rings. The zero-order chi connectivity index (χ0) is 25.8. The molecule has 0 spiro atoms. The Bertz CT molecular complexity index is 677. The van der Waals surface area contributed by atoms with Crippen molar-refractivity contribution in [3.8, 4) is 0 Å². The first-order chi connectivity index (χ1) is 15.4. The smallest absolute Gasteiger partial charge is 0.385 e. The largest absolute Gasteiger partial charge is 1.00 e. The molecule has 0 aliphatic carbocycles. The van der Waals surface area contributed by atoms with Gasteiger partial charge in [0, 0.05) is 25.0 Å². The predicted molar refractivity (Wildman–Crippen MR) is 117 cm³/mol. The van der Waals surface area contributed by atoms with E-state index in [2.05, 4.69) is 23.7 Å². The number of hydrogen-bond donors (Lipinski definition) is 7. The van der Waals surface area contributed by atoms with E-state index in [-0.39, 0.29) is 35.5 Å². The molecule has 0 saturated carbocycles. The Morgan fingerprint density at radius 2 is 1.76 bits per heavy atom. The van der Waals surface area contributed by atoms with Crippen LogP contribution in [0.25, 0.3) is 0 Å². The van der Waals surface area contributed by atoms with Gasteiger partial charge in [-0.25, -0.2) is 9.48 Å². The fraction of sp³-hybridized carbons (Fsp3) is 0.714. The van der Waals surface area contributed by atoms with E-state index in [1.165, 1.54) is 15.8 Å². The first-order valence-corrected chi connectivity index (χ1v) is 11.0. The summed E-state index contributed by atoms with van der Waals surface area (Å²) >= 11 is 0. The summed E-state index contributed by atoms with van der Waals surface area (Å²) < 4.78 is 5.23. The molecule has 0 bridgehead atoms. The Balaban J connectivity index is 0. The number of likely N-dealkylation sites (tertiary alicyclic amines) is 1. The van der Waals surface area contributed by atoms with Crippen molar-refractivity contribution < 1.29 is 74.8 Å². The standard InChI is InChI=1S/C10H19NO7.C9H14N2O2.C2H6.Na/c1-2-3-7-4-5-11(6-7)8(12)18-10(16,17)9(13,14)15;1-3-7(4-2)8-5-6-10-11(8)9(12)13;1-2;/h7,13-17H,2-6H2,1H3;5-7,9,12-13H,1-4H2;1-2H3;/q;-2;;+1. The normalized spacial score (nSPS) is 15.8. The molecule has 2 heterocycles. The third-order valence-electron chi connectivity index (χ3n) is 4.94. The quantitative estimate of drug-likeness (QED) is 0.113. The number of hydrogen-bond acceptors (Lipinski definition) is 10. The second-order valence-electron chi connectivity index (χ2n) is 7.32. The number of nitrogens with zero attached hydrogens (tertiary/aromatic N) is 3. The Kier molecular flexibility index (Phi) is 17.5. The van der Waals surface area contributed by atoms with Crippen LogP contribution in [0.2, 0.25) is 0 Å². The molecule has 1 aliphatic heterocycles. The molecule has 0 radical (unpaired) electrons. The molecule has 1 aromatic rings. The molecule has 1 atom stereocenters. The van der Waals surface area contributed by atoms with Gasteiger partial charge in [0.15, 0.2) is 0 Å². The summed E-state index contributed by atoms with van der Waals surface area (Å²) in [5.41, 5.74) is 0.764. The van der Waals surface area contributed by atoms with E-state index in [4.69, 9.17) is 35.7 Å². The summed E-state index contributed by atoms with van der Waals surface area (Å²) in [6.07, 6.45) is 2.86. The molecule has 2 rings (SSSR count). The number of aromatic nitrogens is 2.